The first-order valence-corrected chi connectivity index (χ1v) is 9.30. The van der Waals surface area contributed by atoms with Crippen molar-refractivity contribution in [3.63, 3.8) is 0 Å². The Balaban J connectivity index is 1.41. The fourth-order valence-electron chi connectivity index (χ4n) is 3.41. The molecule has 1 fully saturated rings. The van der Waals surface area contributed by atoms with E-state index in [0.29, 0.717) is 5.56 Å². The molecule has 0 spiro atoms. The molecule has 0 radical (unpaired) electrons. The third-order valence-corrected chi connectivity index (χ3v) is 4.90. The van der Waals surface area contributed by atoms with Crippen LogP contribution in [0.4, 0.5) is 11.4 Å². The minimum atomic E-state index is -0.381. The Labute approximate surface area is 155 Å². The van der Waals surface area contributed by atoms with E-state index in [1.807, 2.05) is 25.1 Å². The van der Waals surface area contributed by atoms with E-state index in [1.54, 1.807) is 0 Å². The van der Waals surface area contributed by atoms with Crippen LogP contribution in [0.2, 0.25) is 0 Å². The maximum Gasteiger partial charge on any atom is 0.250 e. The Hall–Kier alpha value is -2.53. The molecule has 0 aromatic heterocycles. The maximum atomic E-state index is 11.6. The summed E-state index contributed by atoms with van der Waals surface area (Å²) in [6, 6.07) is 16.4. The van der Waals surface area contributed by atoms with Crippen LogP contribution in [-0.2, 0) is 0 Å². The Kier molecular flexibility index (Phi) is 6.12. The van der Waals surface area contributed by atoms with Gasteiger partial charge in [0.1, 0.15) is 0 Å². The van der Waals surface area contributed by atoms with Crippen molar-refractivity contribution >= 4 is 17.3 Å². The van der Waals surface area contributed by atoms with Crippen molar-refractivity contribution in [3.8, 4) is 0 Å². The number of aryl methyl sites for hydroxylation is 1. The van der Waals surface area contributed by atoms with Gasteiger partial charge in [-0.05, 0) is 44.2 Å². The third kappa shape index (κ3) is 4.76. The fourth-order valence-corrected chi connectivity index (χ4v) is 3.41. The van der Waals surface area contributed by atoms with E-state index < -0.39 is 0 Å². The van der Waals surface area contributed by atoms with E-state index in [9.17, 15) is 4.79 Å². The van der Waals surface area contributed by atoms with Gasteiger partial charge in [0.25, 0.3) is 5.91 Å². The average Bonchev–Trinajstić information content (AvgIpc) is 2.67. The summed E-state index contributed by atoms with van der Waals surface area (Å²) in [6.45, 7) is 8.18. The highest BCUT2D eigenvalue weighted by Crippen LogP contribution is 2.17. The summed E-state index contributed by atoms with van der Waals surface area (Å²) in [7, 11) is 0. The first-order chi connectivity index (χ1) is 12.6. The lowest BCUT2D eigenvalue weighted by Gasteiger charge is -2.36. The van der Waals surface area contributed by atoms with Gasteiger partial charge in [-0.15, -0.1) is 0 Å². The largest absolute Gasteiger partial charge is 0.384 e. The zero-order chi connectivity index (χ0) is 18.4. The Morgan fingerprint density at radius 3 is 2.50 bits per heavy atom. The molecule has 3 rings (SSSR count). The number of carbonyl (C=O) groups excluding carboxylic acids is 1. The van der Waals surface area contributed by atoms with E-state index >= 15 is 0 Å². The molecule has 1 aliphatic heterocycles. The summed E-state index contributed by atoms with van der Waals surface area (Å²) in [6.07, 6.45) is 1.04. The number of carbonyl (C=O) groups is 1. The normalized spacial score (nSPS) is 15.0. The summed E-state index contributed by atoms with van der Waals surface area (Å²) < 4.78 is 0. The fraction of sp³-hybridized carbons (Fsp3) is 0.381. The molecule has 0 atom stereocenters. The average molecular weight is 352 g/mol. The van der Waals surface area contributed by atoms with Crippen molar-refractivity contribution in [1.29, 1.82) is 0 Å². The van der Waals surface area contributed by atoms with Crippen molar-refractivity contribution < 1.29 is 4.79 Å². The summed E-state index contributed by atoms with van der Waals surface area (Å²) in [4.78, 5) is 16.5. The number of nitrogens with one attached hydrogen (secondary N) is 1. The number of anilines is 2. The van der Waals surface area contributed by atoms with Crippen molar-refractivity contribution in [1.82, 2.24) is 4.90 Å². The van der Waals surface area contributed by atoms with E-state index in [4.69, 9.17) is 5.73 Å². The predicted molar refractivity (Wildman–Crippen MR) is 108 cm³/mol. The number of primary amides is 1. The molecule has 26 heavy (non-hydrogen) atoms. The highest BCUT2D eigenvalue weighted by molar-refractivity contribution is 5.98. The molecule has 5 nitrogen and oxygen atoms in total. The van der Waals surface area contributed by atoms with E-state index in [-0.39, 0.29) is 5.91 Å². The molecule has 1 heterocycles. The number of nitrogens with two attached hydrogens (primary N) is 1. The number of amides is 1. The van der Waals surface area contributed by atoms with Crippen LogP contribution in [0.1, 0.15) is 22.3 Å². The second-order valence-electron chi connectivity index (χ2n) is 6.86. The van der Waals surface area contributed by atoms with Gasteiger partial charge in [-0.3, -0.25) is 9.69 Å². The third-order valence-electron chi connectivity index (χ3n) is 4.90. The van der Waals surface area contributed by atoms with Crippen molar-refractivity contribution in [3.05, 3.63) is 59.7 Å². The van der Waals surface area contributed by atoms with Crippen LogP contribution in [0.5, 0.6) is 0 Å². The highest BCUT2D eigenvalue weighted by Gasteiger charge is 2.16. The molecule has 0 bridgehead atoms. The number of hydrogen-bond acceptors (Lipinski definition) is 4. The van der Waals surface area contributed by atoms with Gasteiger partial charge in [-0.1, -0.05) is 29.8 Å². The Morgan fingerprint density at radius 1 is 1.08 bits per heavy atom. The smallest absolute Gasteiger partial charge is 0.250 e. The topological polar surface area (TPSA) is 61.6 Å². The second kappa shape index (κ2) is 8.72. The summed E-state index contributed by atoms with van der Waals surface area (Å²) in [5.74, 6) is -0.381. The van der Waals surface area contributed by atoms with Gasteiger partial charge >= 0.3 is 0 Å². The molecule has 0 unspecified atom stereocenters. The molecule has 0 saturated carbocycles. The molecule has 1 saturated heterocycles. The summed E-state index contributed by atoms with van der Waals surface area (Å²) >= 11 is 0. The molecule has 0 aliphatic carbocycles. The summed E-state index contributed by atoms with van der Waals surface area (Å²) in [5.41, 5.74) is 9.23. The molecule has 138 valence electrons. The minimum Gasteiger partial charge on any atom is -0.384 e. The van der Waals surface area contributed by atoms with E-state index in [0.717, 1.165) is 56.9 Å². The van der Waals surface area contributed by atoms with E-state index in [1.165, 1.54) is 5.69 Å². The van der Waals surface area contributed by atoms with Crippen molar-refractivity contribution in [2.75, 3.05) is 49.5 Å². The first kappa shape index (κ1) is 18.3. The van der Waals surface area contributed by atoms with Gasteiger partial charge in [-0.25, -0.2) is 0 Å². The van der Waals surface area contributed by atoms with Crippen LogP contribution in [0.15, 0.2) is 48.5 Å². The monoisotopic (exact) mass is 352 g/mol. The highest BCUT2D eigenvalue weighted by atomic mass is 16.1. The van der Waals surface area contributed by atoms with Crippen LogP contribution in [-0.4, -0.2) is 50.1 Å². The van der Waals surface area contributed by atoms with Crippen molar-refractivity contribution in [2.45, 2.75) is 13.3 Å². The number of nitrogens with zero attached hydrogens (tertiary/aromatic N) is 2. The predicted octanol–water partition coefficient (Wildman–Crippen LogP) is 2.72. The first-order valence-electron chi connectivity index (χ1n) is 9.30. The molecule has 3 N–H and O–H groups in total. The summed E-state index contributed by atoms with van der Waals surface area (Å²) in [5, 5.41) is 3.36. The standard InChI is InChI=1S/C21H28N4O/c1-17-8-9-20(19(16-17)21(22)26)23-10-5-11-24-12-14-25(15-13-24)18-6-3-2-4-7-18/h2-4,6-9,16,23H,5,10-15H2,1H3,(H2,22,26). The van der Waals surface area contributed by atoms with Crippen LogP contribution in [0.25, 0.3) is 0 Å². The quantitative estimate of drug-likeness (QED) is 0.752. The Morgan fingerprint density at radius 2 is 1.81 bits per heavy atom. The van der Waals surface area contributed by atoms with Crippen LogP contribution in [0, 0.1) is 6.92 Å². The lowest BCUT2D eigenvalue weighted by molar-refractivity contribution is 0.100. The lowest BCUT2D eigenvalue weighted by Crippen LogP contribution is -2.46. The van der Waals surface area contributed by atoms with Gasteiger partial charge in [0, 0.05) is 44.1 Å². The van der Waals surface area contributed by atoms with E-state index in [2.05, 4.69) is 45.4 Å². The van der Waals surface area contributed by atoms with Crippen molar-refractivity contribution in [2.24, 2.45) is 5.73 Å². The molecule has 2 aromatic carbocycles. The molecule has 5 heteroatoms. The molecular weight excluding hydrogens is 324 g/mol. The second-order valence-corrected chi connectivity index (χ2v) is 6.86. The maximum absolute atomic E-state index is 11.6. The molecule has 1 aliphatic rings. The van der Waals surface area contributed by atoms with Gasteiger partial charge in [0.05, 0.1) is 5.56 Å². The number of benzene rings is 2. The van der Waals surface area contributed by atoms with Crippen LogP contribution >= 0.6 is 0 Å². The number of rotatable bonds is 7. The SMILES string of the molecule is Cc1ccc(NCCCN2CCN(c3ccccc3)CC2)c(C(N)=O)c1. The number of hydrogen-bond donors (Lipinski definition) is 2. The van der Waals surface area contributed by atoms with Gasteiger partial charge < -0.3 is 16.0 Å². The van der Waals surface area contributed by atoms with Gasteiger partial charge in [0.15, 0.2) is 0 Å². The molecular formula is C21H28N4O. The molecule has 2 aromatic rings. The number of piperazine rings is 1. The lowest BCUT2D eigenvalue weighted by atomic mass is 10.1. The zero-order valence-electron chi connectivity index (χ0n) is 15.4. The minimum absolute atomic E-state index is 0.381. The zero-order valence-corrected chi connectivity index (χ0v) is 15.4. The van der Waals surface area contributed by atoms with Gasteiger partial charge in [0.2, 0.25) is 0 Å². The van der Waals surface area contributed by atoms with Crippen LogP contribution < -0.4 is 16.0 Å². The van der Waals surface area contributed by atoms with Crippen LogP contribution in [0.3, 0.4) is 0 Å². The molecule has 1 amide bonds. The van der Waals surface area contributed by atoms with Gasteiger partial charge in [-0.2, -0.15) is 0 Å². The Bertz CT molecular complexity index is 724. The number of para-hydroxylation sites is 1.